The molecule has 0 aliphatic heterocycles. The highest BCUT2D eigenvalue weighted by Gasteiger charge is 2.16. The molecule has 2 aromatic carbocycles. The third kappa shape index (κ3) is 7.94. The molecule has 0 aliphatic rings. The Morgan fingerprint density at radius 1 is 0.714 bits per heavy atom. The van der Waals surface area contributed by atoms with E-state index in [-0.39, 0.29) is 12.2 Å². The van der Waals surface area contributed by atoms with Crippen LogP contribution in [0.2, 0.25) is 0 Å². The zero-order valence-corrected chi connectivity index (χ0v) is 22.0. The molecule has 35 heavy (non-hydrogen) atoms. The fourth-order valence-corrected chi connectivity index (χ4v) is 3.79. The maximum Gasteiger partial charge on any atom is 0.336 e. The monoisotopic (exact) mass is 477 g/mol. The summed E-state index contributed by atoms with van der Waals surface area (Å²) in [6.45, 7) is 13.1. The minimum absolute atomic E-state index is 0.114. The van der Waals surface area contributed by atoms with Crippen LogP contribution in [0.3, 0.4) is 0 Å². The highest BCUT2D eigenvalue weighted by Crippen LogP contribution is 2.32. The fourth-order valence-electron chi connectivity index (χ4n) is 3.79. The van der Waals surface area contributed by atoms with E-state index in [0.29, 0.717) is 24.2 Å². The molecule has 0 radical (unpaired) electrons. The quantitative estimate of drug-likeness (QED) is 0.256. The number of nitrogens with zero attached hydrogens (tertiary/aromatic N) is 3. The molecule has 3 rings (SSSR count). The van der Waals surface area contributed by atoms with E-state index in [4.69, 9.17) is 19.2 Å². The van der Waals surface area contributed by atoms with Gasteiger partial charge in [-0.05, 0) is 88.6 Å². The van der Waals surface area contributed by atoms with E-state index in [2.05, 4.69) is 24.0 Å². The van der Waals surface area contributed by atoms with Crippen molar-refractivity contribution in [2.24, 2.45) is 5.92 Å². The van der Waals surface area contributed by atoms with Crippen molar-refractivity contribution in [2.75, 3.05) is 6.61 Å². The summed E-state index contributed by atoms with van der Waals surface area (Å²) in [4.78, 5) is 4.80. The lowest BCUT2D eigenvalue weighted by Crippen LogP contribution is -2.13. The first-order chi connectivity index (χ1) is 16.9. The van der Waals surface area contributed by atoms with Crippen molar-refractivity contribution in [3.63, 3.8) is 0 Å². The van der Waals surface area contributed by atoms with Gasteiger partial charge in [0.25, 0.3) is 0 Å². The van der Waals surface area contributed by atoms with E-state index in [9.17, 15) is 0 Å². The Morgan fingerprint density at radius 2 is 1.26 bits per heavy atom. The summed E-state index contributed by atoms with van der Waals surface area (Å²) in [5.74, 6) is 2.13. The summed E-state index contributed by atoms with van der Waals surface area (Å²) in [5.41, 5.74) is 3.27. The van der Waals surface area contributed by atoms with Gasteiger partial charge >= 0.3 is 6.01 Å². The van der Waals surface area contributed by atoms with Crippen molar-refractivity contribution in [1.82, 2.24) is 15.2 Å². The van der Waals surface area contributed by atoms with E-state index >= 15 is 0 Å². The van der Waals surface area contributed by atoms with Crippen LogP contribution in [0, 0.1) is 5.92 Å². The number of hydrogen-bond acceptors (Lipinski definition) is 6. The summed E-state index contributed by atoms with van der Waals surface area (Å²) in [6.07, 6.45) is 4.83. The largest absolute Gasteiger partial charge is 0.491 e. The molecule has 0 spiro atoms. The lowest BCUT2D eigenvalue weighted by molar-refractivity contribution is 0.216. The second-order valence-corrected chi connectivity index (χ2v) is 9.40. The standard InChI is InChI=1S/C29H39N3O3/c1-7-9-10-22(8-2)19-33-29-30-27(23-11-15-25(16-12-23)34-20(3)4)28(31-32-29)24-13-17-26(18-14-24)35-21(5)6/h11-18,20-22H,7-10,19H2,1-6H3. The molecule has 0 saturated heterocycles. The molecule has 0 aliphatic carbocycles. The minimum atomic E-state index is 0.114. The Kier molecular flexibility index (Phi) is 9.88. The van der Waals surface area contributed by atoms with Crippen LogP contribution in [-0.2, 0) is 0 Å². The summed E-state index contributed by atoms with van der Waals surface area (Å²) >= 11 is 0. The van der Waals surface area contributed by atoms with Crippen LogP contribution < -0.4 is 14.2 Å². The van der Waals surface area contributed by atoms with Gasteiger partial charge in [-0.3, -0.25) is 0 Å². The van der Waals surface area contributed by atoms with Gasteiger partial charge in [-0.2, -0.15) is 4.98 Å². The van der Waals surface area contributed by atoms with Crippen LogP contribution in [0.1, 0.15) is 67.2 Å². The van der Waals surface area contributed by atoms with Gasteiger partial charge in [0, 0.05) is 11.1 Å². The van der Waals surface area contributed by atoms with E-state index in [0.717, 1.165) is 41.2 Å². The van der Waals surface area contributed by atoms with Gasteiger partial charge in [-0.1, -0.05) is 38.2 Å². The number of ether oxygens (including phenoxy) is 3. The number of hydrogen-bond donors (Lipinski definition) is 0. The van der Waals surface area contributed by atoms with Crippen LogP contribution >= 0.6 is 0 Å². The zero-order chi connectivity index (χ0) is 25.2. The Balaban J connectivity index is 1.92. The third-order valence-corrected chi connectivity index (χ3v) is 5.66. The van der Waals surface area contributed by atoms with Crippen LogP contribution in [0.5, 0.6) is 17.5 Å². The molecule has 3 aromatic rings. The molecule has 1 atom stereocenters. The Morgan fingerprint density at radius 3 is 1.74 bits per heavy atom. The lowest BCUT2D eigenvalue weighted by atomic mass is 10.0. The van der Waals surface area contributed by atoms with Gasteiger partial charge < -0.3 is 14.2 Å². The second-order valence-electron chi connectivity index (χ2n) is 9.40. The van der Waals surface area contributed by atoms with E-state index in [1.807, 2.05) is 76.2 Å². The van der Waals surface area contributed by atoms with Gasteiger partial charge in [0.05, 0.1) is 18.8 Å². The maximum absolute atomic E-state index is 6.02. The molecular weight excluding hydrogens is 438 g/mol. The molecule has 1 heterocycles. The van der Waals surface area contributed by atoms with Crippen LogP contribution in [0.25, 0.3) is 22.5 Å². The summed E-state index contributed by atoms with van der Waals surface area (Å²) in [5, 5.41) is 8.86. The normalized spacial score (nSPS) is 12.1. The molecule has 1 aromatic heterocycles. The SMILES string of the molecule is CCCCC(CC)COc1nnc(-c2ccc(OC(C)C)cc2)c(-c2ccc(OC(C)C)cc2)n1. The average molecular weight is 478 g/mol. The molecule has 0 saturated carbocycles. The van der Waals surface area contributed by atoms with Gasteiger partial charge in [-0.15, -0.1) is 5.10 Å². The molecule has 0 bridgehead atoms. The van der Waals surface area contributed by atoms with Gasteiger partial charge in [0.1, 0.15) is 22.9 Å². The first kappa shape index (κ1) is 26.5. The van der Waals surface area contributed by atoms with Crippen molar-refractivity contribution >= 4 is 0 Å². The van der Waals surface area contributed by atoms with E-state index in [1.54, 1.807) is 0 Å². The average Bonchev–Trinajstić information content (AvgIpc) is 2.84. The Hall–Kier alpha value is -3.15. The lowest BCUT2D eigenvalue weighted by Gasteiger charge is -2.16. The highest BCUT2D eigenvalue weighted by molar-refractivity contribution is 5.78. The first-order valence-corrected chi connectivity index (χ1v) is 12.8. The van der Waals surface area contributed by atoms with Gasteiger partial charge in [0.2, 0.25) is 0 Å². The number of benzene rings is 2. The molecule has 1 unspecified atom stereocenters. The maximum atomic E-state index is 6.02. The first-order valence-electron chi connectivity index (χ1n) is 12.8. The van der Waals surface area contributed by atoms with Crippen molar-refractivity contribution < 1.29 is 14.2 Å². The molecule has 0 fully saturated rings. The fraction of sp³-hybridized carbons (Fsp3) is 0.483. The summed E-state index contributed by atoms with van der Waals surface area (Å²) in [7, 11) is 0. The predicted octanol–water partition coefficient (Wildman–Crippen LogP) is 7.38. The molecular formula is C29H39N3O3. The summed E-state index contributed by atoms with van der Waals surface area (Å²) < 4.78 is 17.6. The molecule has 0 N–H and O–H groups in total. The minimum Gasteiger partial charge on any atom is -0.491 e. The number of rotatable bonds is 13. The van der Waals surface area contributed by atoms with E-state index < -0.39 is 0 Å². The van der Waals surface area contributed by atoms with Crippen molar-refractivity contribution in [3.8, 4) is 40.0 Å². The van der Waals surface area contributed by atoms with Crippen LogP contribution in [-0.4, -0.2) is 34.0 Å². The van der Waals surface area contributed by atoms with Crippen molar-refractivity contribution in [3.05, 3.63) is 48.5 Å². The summed E-state index contributed by atoms with van der Waals surface area (Å²) in [6, 6.07) is 16.1. The van der Waals surface area contributed by atoms with Gasteiger partial charge in [-0.25, -0.2) is 0 Å². The van der Waals surface area contributed by atoms with Crippen molar-refractivity contribution in [2.45, 2.75) is 79.4 Å². The van der Waals surface area contributed by atoms with E-state index in [1.165, 1.54) is 12.8 Å². The molecule has 188 valence electrons. The molecule has 0 amide bonds. The molecule has 6 heteroatoms. The highest BCUT2D eigenvalue weighted by atomic mass is 16.5. The second kappa shape index (κ2) is 13.1. The van der Waals surface area contributed by atoms with Crippen molar-refractivity contribution in [1.29, 1.82) is 0 Å². The molecule has 6 nitrogen and oxygen atoms in total. The number of aromatic nitrogens is 3. The zero-order valence-electron chi connectivity index (χ0n) is 22.0. The van der Waals surface area contributed by atoms with Crippen LogP contribution in [0.15, 0.2) is 48.5 Å². The van der Waals surface area contributed by atoms with Gasteiger partial charge in [0.15, 0.2) is 0 Å². The predicted molar refractivity (Wildman–Crippen MR) is 141 cm³/mol. The third-order valence-electron chi connectivity index (χ3n) is 5.66. The topological polar surface area (TPSA) is 66.4 Å². The van der Waals surface area contributed by atoms with Crippen LogP contribution in [0.4, 0.5) is 0 Å². The number of unbranched alkanes of at least 4 members (excludes halogenated alkanes) is 1. The Labute approximate surface area is 210 Å². The Bertz CT molecular complexity index is 1030. The smallest absolute Gasteiger partial charge is 0.336 e.